The maximum absolute atomic E-state index is 2.46. The zero-order valence-electron chi connectivity index (χ0n) is 25.3. The van der Waals surface area contributed by atoms with Crippen molar-refractivity contribution in [3.05, 3.63) is 118 Å². The molecule has 0 amide bonds. The Kier molecular flexibility index (Phi) is 10.8. The van der Waals surface area contributed by atoms with Crippen LogP contribution in [0.4, 0.5) is 0 Å². The molecular formula is C37H41Cl2Hf-3. The molecule has 1 atom stereocenters. The van der Waals surface area contributed by atoms with Gasteiger partial charge in [0.15, 0.2) is 0 Å². The van der Waals surface area contributed by atoms with Crippen molar-refractivity contribution >= 4 is 27.1 Å². The Morgan fingerprint density at radius 1 is 0.875 bits per heavy atom. The zero-order valence-corrected chi connectivity index (χ0v) is 30.4. The Hall–Kier alpha value is -1.80. The third kappa shape index (κ3) is 6.18. The van der Waals surface area contributed by atoms with E-state index in [2.05, 4.69) is 141 Å². The second-order valence-corrected chi connectivity index (χ2v) is 12.9. The Bertz CT molecular complexity index is 1620. The summed E-state index contributed by atoms with van der Waals surface area (Å²) in [5.74, 6) is 0.247. The van der Waals surface area contributed by atoms with Crippen LogP contribution in [0.15, 0.2) is 84.5 Å². The monoisotopic (exact) mass is 735 g/mol. The van der Waals surface area contributed by atoms with E-state index >= 15 is 0 Å². The van der Waals surface area contributed by atoms with Gasteiger partial charge in [0, 0.05) is 37.2 Å². The molecule has 1 unspecified atom stereocenters. The number of benzene rings is 3. The normalized spacial score (nSPS) is 14.8. The Morgan fingerprint density at radius 3 is 2.20 bits per heavy atom. The summed E-state index contributed by atoms with van der Waals surface area (Å²) < 4.78 is 0. The summed E-state index contributed by atoms with van der Waals surface area (Å²) in [7, 11) is 0. The van der Waals surface area contributed by atoms with E-state index in [1.165, 1.54) is 66.1 Å². The molecule has 3 heteroatoms. The second-order valence-electron chi connectivity index (χ2n) is 12.9. The number of hydrogen-bond donors (Lipinski definition) is 0. The first kappa shape index (κ1) is 34.4. The number of aryl methyl sites for hydroxylation is 1. The molecule has 0 bridgehead atoms. The van der Waals surface area contributed by atoms with Crippen LogP contribution in [0.5, 0.6) is 0 Å². The molecule has 0 saturated carbocycles. The summed E-state index contributed by atoms with van der Waals surface area (Å²) in [6.07, 6.45) is 9.38. The van der Waals surface area contributed by atoms with E-state index in [-0.39, 0.29) is 67.4 Å². The summed E-state index contributed by atoms with van der Waals surface area (Å²) in [4.78, 5) is 0. The van der Waals surface area contributed by atoms with Crippen molar-refractivity contribution in [2.24, 2.45) is 0 Å². The Labute approximate surface area is 273 Å². The third-order valence-electron chi connectivity index (χ3n) is 8.27. The van der Waals surface area contributed by atoms with Gasteiger partial charge in [-0.25, -0.2) is 0 Å². The minimum atomic E-state index is 0. The minimum Gasteiger partial charge on any atom is -1.00 e. The van der Waals surface area contributed by atoms with Crippen LogP contribution in [0.1, 0.15) is 87.8 Å². The number of rotatable bonds is 4. The van der Waals surface area contributed by atoms with Gasteiger partial charge in [-0.3, -0.25) is 0 Å². The molecule has 0 aromatic heterocycles. The fourth-order valence-corrected chi connectivity index (χ4v) is 6.36. The summed E-state index contributed by atoms with van der Waals surface area (Å²) in [6, 6.07) is 21.0. The van der Waals surface area contributed by atoms with Crippen LogP contribution in [0.25, 0.3) is 27.1 Å². The smallest absolute Gasteiger partial charge is 0.00148 e. The molecule has 1 aliphatic carbocycles. The van der Waals surface area contributed by atoms with E-state index < -0.39 is 0 Å². The molecule has 1 aliphatic rings. The van der Waals surface area contributed by atoms with Crippen LogP contribution in [0, 0.1) is 13.8 Å². The number of fused-ring (bicyclic) bond motifs is 3. The van der Waals surface area contributed by atoms with Gasteiger partial charge >= 0.3 is 0 Å². The van der Waals surface area contributed by atoms with Gasteiger partial charge < -0.3 is 24.8 Å². The average molecular weight is 735 g/mol. The maximum atomic E-state index is 2.46. The van der Waals surface area contributed by atoms with Crippen LogP contribution >= 0.6 is 0 Å². The van der Waals surface area contributed by atoms with Gasteiger partial charge in [-0.05, 0) is 55.4 Å². The third-order valence-corrected chi connectivity index (χ3v) is 8.27. The first-order chi connectivity index (χ1) is 17.4. The fraction of sp³-hybridized carbons (Fsp3) is 0.324. The predicted molar refractivity (Wildman–Crippen MR) is 164 cm³/mol. The van der Waals surface area contributed by atoms with Crippen LogP contribution in [-0.2, 0) is 36.7 Å². The first-order valence-electron chi connectivity index (χ1n) is 13.7. The van der Waals surface area contributed by atoms with E-state index in [9.17, 15) is 0 Å². The molecule has 210 valence electrons. The minimum absolute atomic E-state index is 0. The van der Waals surface area contributed by atoms with Gasteiger partial charge in [0.05, 0.1) is 0 Å². The van der Waals surface area contributed by atoms with Gasteiger partial charge in [-0.1, -0.05) is 124 Å². The van der Waals surface area contributed by atoms with E-state index in [1.54, 1.807) is 0 Å². The van der Waals surface area contributed by atoms with Crippen molar-refractivity contribution in [2.45, 2.75) is 79.1 Å². The molecule has 0 aliphatic heterocycles. The van der Waals surface area contributed by atoms with Gasteiger partial charge in [0.1, 0.15) is 0 Å². The quantitative estimate of drug-likeness (QED) is 0.163. The molecule has 5 rings (SSSR count). The molecule has 40 heavy (non-hydrogen) atoms. The maximum Gasteiger partial charge on any atom is 0.00148 e. The van der Waals surface area contributed by atoms with Crippen molar-refractivity contribution in [1.82, 2.24) is 0 Å². The zero-order chi connectivity index (χ0) is 26.7. The van der Waals surface area contributed by atoms with E-state index in [0.717, 1.165) is 0 Å². The van der Waals surface area contributed by atoms with Crippen molar-refractivity contribution in [2.75, 3.05) is 0 Å². The van der Waals surface area contributed by atoms with Gasteiger partial charge in [0.2, 0.25) is 0 Å². The summed E-state index contributed by atoms with van der Waals surface area (Å²) in [6.45, 7) is 20.5. The Morgan fingerprint density at radius 2 is 1.55 bits per heavy atom. The molecule has 0 spiro atoms. The predicted octanol–water partition coefficient (Wildman–Crippen LogP) is 4.61. The fourth-order valence-electron chi connectivity index (χ4n) is 6.36. The molecule has 4 aromatic rings. The van der Waals surface area contributed by atoms with Crippen LogP contribution in [0.2, 0.25) is 0 Å². The van der Waals surface area contributed by atoms with Crippen LogP contribution in [-0.4, -0.2) is 0 Å². The van der Waals surface area contributed by atoms with Gasteiger partial charge in [0.25, 0.3) is 0 Å². The van der Waals surface area contributed by atoms with Crippen molar-refractivity contribution in [3.63, 3.8) is 0 Å². The van der Waals surface area contributed by atoms with E-state index in [4.69, 9.17) is 0 Å². The summed E-state index contributed by atoms with van der Waals surface area (Å²) >= 11 is 0. The molecule has 0 radical (unpaired) electrons. The SMILES string of the molecule is CC(C)=CC(C)(C)c1ccc2c(c1)[cH-]c1c(C3C=CC=C3c3cccc(C)c3C)c(C(C)(C)C)ccc12.[Cl-].[Cl-].[Hf]. The van der Waals surface area contributed by atoms with Gasteiger partial charge in [-0.2, -0.15) is 0 Å². The molecule has 0 nitrogen and oxygen atoms in total. The van der Waals surface area contributed by atoms with Crippen molar-refractivity contribution in [1.29, 1.82) is 0 Å². The Balaban J connectivity index is 0.00000187. The van der Waals surface area contributed by atoms with Crippen molar-refractivity contribution < 1.29 is 50.7 Å². The summed E-state index contributed by atoms with van der Waals surface area (Å²) in [5.41, 5.74) is 11.2. The number of hydrogen-bond acceptors (Lipinski definition) is 0. The topological polar surface area (TPSA) is 0 Å². The van der Waals surface area contributed by atoms with Gasteiger partial charge in [-0.15, -0.1) is 33.7 Å². The van der Waals surface area contributed by atoms with E-state index in [0.29, 0.717) is 0 Å². The largest absolute Gasteiger partial charge is 1.00 e. The molecule has 4 aromatic carbocycles. The second kappa shape index (κ2) is 12.6. The number of allylic oxidation sites excluding steroid dienone is 6. The standard InChI is InChI=1S/C37H41.2ClH.Hf/c1-23(2)22-37(8,9)27-16-17-29-26(20-27)21-33-31(29)18-19-34(36(5,6)7)35(33)32-15-11-14-30(32)28-13-10-12-24(3)25(28)4;;;/h10-22,32H,1-9H3;2*1H;/q-1;;;/p-2. The molecule has 0 fully saturated rings. The van der Waals surface area contributed by atoms with Crippen molar-refractivity contribution in [3.8, 4) is 0 Å². The number of halogens is 2. The molecular weight excluding hydrogens is 694 g/mol. The summed E-state index contributed by atoms with van der Waals surface area (Å²) in [5, 5.41) is 5.46. The first-order valence-corrected chi connectivity index (χ1v) is 13.7. The average Bonchev–Trinajstić information content (AvgIpc) is 3.43. The van der Waals surface area contributed by atoms with E-state index in [1.807, 2.05) is 0 Å². The molecule has 0 saturated heterocycles. The molecule has 0 N–H and O–H groups in total. The molecule has 0 heterocycles. The van der Waals surface area contributed by atoms with Crippen LogP contribution < -0.4 is 24.8 Å². The van der Waals surface area contributed by atoms with Crippen LogP contribution in [0.3, 0.4) is 0 Å².